The second kappa shape index (κ2) is 23.8. The summed E-state index contributed by atoms with van der Waals surface area (Å²) in [5.41, 5.74) is 0. The van der Waals surface area contributed by atoms with Gasteiger partial charge < -0.3 is 46.6 Å². The van der Waals surface area contributed by atoms with Crippen LogP contribution < -0.4 is 16.0 Å². The number of Topliss-reactive ketones (excluding diaryl/α,β-unsaturated/α-hetero) is 1. The van der Waals surface area contributed by atoms with Crippen molar-refractivity contribution in [2.24, 2.45) is 0 Å². The summed E-state index contributed by atoms with van der Waals surface area (Å²) >= 11 is 0. The van der Waals surface area contributed by atoms with Crippen molar-refractivity contribution >= 4 is 47.6 Å². The quantitative estimate of drug-likeness (QED) is 0.0499. The van der Waals surface area contributed by atoms with E-state index in [2.05, 4.69) is 16.0 Å². The van der Waals surface area contributed by atoms with Crippen LogP contribution in [0, 0.1) is 0 Å². The maximum atomic E-state index is 12.8. The Balaban J connectivity index is 2.65. The van der Waals surface area contributed by atoms with E-state index in [1.165, 1.54) is 0 Å². The predicted molar refractivity (Wildman–Crippen MR) is 172 cm³/mol. The topological polar surface area (TPSA) is 307 Å². The number of urea groups is 1. The lowest BCUT2D eigenvalue weighted by atomic mass is 10.1. The highest BCUT2D eigenvalue weighted by atomic mass is 16.4. The van der Waals surface area contributed by atoms with Gasteiger partial charge >= 0.3 is 41.8 Å². The van der Waals surface area contributed by atoms with Gasteiger partial charge in [-0.15, -0.1) is 0 Å². The summed E-state index contributed by atoms with van der Waals surface area (Å²) < 4.78 is 0. The number of nitrogens with zero attached hydrogens (tertiary/aromatic N) is 4. The number of amides is 2. The number of nitrogens with one attached hydrogen (secondary N) is 3. The molecule has 21 heteroatoms. The van der Waals surface area contributed by atoms with Gasteiger partial charge in [0.1, 0.15) is 12.1 Å². The van der Waals surface area contributed by atoms with E-state index in [0.717, 1.165) is 0 Å². The fourth-order valence-electron chi connectivity index (χ4n) is 5.06. The highest BCUT2D eigenvalue weighted by Crippen LogP contribution is 2.04. The molecule has 0 aromatic carbocycles. The molecule has 9 N–H and O–H groups in total. The van der Waals surface area contributed by atoms with Gasteiger partial charge in [-0.1, -0.05) is 0 Å². The maximum absolute atomic E-state index is 12.8. The van der Waals surface area contributed by atoms with Crippen molar-refractivity contribution in [3.63, 3.8) is 0 Å². The third-order valence-corrected chi connectivity index (χ3v) is 7.68. The molecule has 0 bridgehead atoms. The predicted octanol–water partition coefficient (Wildman–Crippen LogP) is -3.14. The molecule has 50 heavy (non-hydrogen) atoms. The smallest absolute Gasteiger partial charge is 0.326 e. The number of hydrogen-bond donors (Lipinski definition) is 9. The first-order valence-corrected chi connectivity index (χ1v) is 16.1. The first-order valence-electron chi connectivity index (χ1n) is 16.1. The van der Waals surface area contributed by atoms with Crippen molar-refractivity contribution in [2.75, 3.05) is 91.6 Å². The molecule has 1 fully saturated rings. The Morgan fingerprint density at radius 1 is 0.500 bits per heavy atom. The Bertz CT molecular complexity index is 1140. The van der Waals surface area contributed by atoms with E-state index in [1.54, 1.807) is 19.6 Å². The van der Waals surface area contributed by atoms with E-state index < -0.39 is 60.4 Å². The number of carbonyl (C=O) groups excluding carboxylic acids is 2. The Morgan fingerprint density at radius 2 is 0.880 bits per heavy atom. The fraction of sp³-hybridized carbons (Fsp3) is 0.724. The van der Waals surface area contributed by atoms with Crippen LogP contribution in [0.3, 0.4) is 0 Å². The molecule has 0 aliphatic carbocycles. The van der Waals surface area contributed by atoms with E-state index in [0.29, 0.717) is 32.5 Å². The van der Waals surface area contributed by atoms with Crippen molar-refractivity contribution in [1.29, 1.82) is 0 Å². The SMILES string of the molecule is O=C(O)CC[C@H](NC(=O)N[C@@H](CCCCNCC(=O)CN1CCN(CC(=O)O)CCN(CC(=O)O)CCN(CC(=O)O)CC1)C(=O)O)C(=O)O. The molecular weight excluding hydrogens is 670 g/mol. The second-order valence-electron chi connectivity index (χ2n) is 11.8. The molecule has 0 aromatic rings. The lowest BCUT2D eigenvalue weighted by molar-refractivity contribution is -0.141. The molecule has 1 rings (SSSR count). The number of carboxylic acid groups (broad SMARTS) is 6. The first kappa shape index (κ1) is 43.6. The average molecular weight is 720 g/mol. The molecular formula is C29H49N7O14. The van der Waals surface area contributed by atoms with Crippen LogP contribution in [0.15, 0.2) is 0 Å². The highest BCUT2D eigenvalue weighted by Gasteiger charge is 2.25. The molecule has 0 radical (unpaired) electrons. The van der Waals surface area contributed by atoms with Gasteiger partial charge in [-0.25, -0.2) is 14.4 Å². The van der Waals surface area contributed by atoms with Crippen LogP contribution in [0.5, 0.6) is 0 Å². The molecule has 1 aliphatic rings. The van der Waals surface area contributed by atoms with Gasteiger partial charge in [-0.2, -0.15) is 0 Å². The van der Waals surface area contributed by atoms with Gasteiger partial charge in [-0.3, -0.25) is 43.6 Å². The number of carboxylic acids is 6. The summed E-state index contributed by atoms with van der Waals surface area (Å²) in [7, 11) is 0. The monoisotopic (exact) mass is 719 g/mol. The van der Waals surface area contributed by atoms with Crippen LogP contribution in [0.2, 0.25) is 0 Å². The van der Waals surface area contributed by atoms with Crippen LogP contribution >= 0.6 is 0 Å². The van der Waals surface area contributed by atoms with Crippen LogP contribution in [-0.2, 0) is 33.6 Å². The molecule has 2 amide bonds. The molecule has 1 saturated heterocycles. The zero-order chi connectivity index (χ0) is 37.6. The Labute approximate surface area is 288 Å². The lowest BCUT2D eigenvalue weighted by Crippen LogP contribution is -2.51. The summed E-state index contributed by atoms with van der Waals surface area (Å²) in [6.45, 7) is 1.56. The number of carbonyl (C=O) groups is 8. The average Bonchev–Trinajstić information content (AvgIpc) is 3.00. The number of unbranched alkanes of at least 4 members (excludes halogenated alkanes) is 1. The van der Waals surface area contributed by atoms with Crippen molar-refractivity contribution < 1.29 is 69.0 Å². The van der Waals surface area contributed by atoms with E-state index in [9.17, 15) is 58.8 Å². The summed E-state index contributed by atoms with van der Waals surface area (Å²) in [4.78, 5) is 99.5. The third kappa shape index (κ3) is 20.8. The maximum Gasteiger partial charge on any atom is 0.326 e. The van der Waals surface area contributed by atoms with Gasteiger partial charge in [0.15, 0.2) is 5.78 Å². The van der Waals surface area contributed by atoms with E-state index >= 15 is 0 Å². The molecule has 284 valence electrons. The first-order chi connectivity index (χ1) is 23.5. The third-order valence-electron chi connectivity index (χ3n) is 7.68. The summed E-state index contributed by atoms with van der Waals surface area (Å²) in [6.07, 6.45) is -0.172. The summed E-state index contributed by atoms with van der Waals surface area (Å²) in [5.74, 6) is -7.46. The molecule has 1 heterocycles. The second-order valence-corrected chi connectivity index (χ2v) is 11.8. The van der Waals surface area contributed by atoms with Crippen molar-refractivity contribution in [2.45, 2.75) is 44.2 Å². The van der Waals surface area contributed by atoms with Gasteiger partial charge in [0.2, 0.25) is 0 Å². The number of ketones is 1. The lowest BCUT2D eigenvalue weighted by Gasteiger charge is -2.32. The minimum Gasteiger partial charge on any atom is -0.481 e. The molecule has 0 spiro atoms. The fourth-order valence-corrected chi connectivity index (χ4v) is 5.06. The van der Waals surface area contributed by atoms with Gasteiger partial charge in [0, 0.05) is 58.8 Å². The van der Waals surface area contributed by atoms with Crippen LogP contribution in [-0.4, -0.2) is 202 Å². The molecule has 0 aromatic heterocycles. The van der Waals surface area contributed by atoms with Crippen LogP contribution in [0.4, 0.5) is 4.79 Å². The molecule has 1 aliphatic heterocycles. The highest BCUT2D eigenvalue weighted by molar-refractivity contribution is 5.86. The Hall–Kier alpha value is -4.44. The number of hydrogen-bond acceptors (Lipinski definition) is 13. The molecule has 0 unspecified atom stereocenters. The van der Waals surface area contributed by atoms with E-state index in [4.69, 9.17) is 10.2 Å². The largest absolute Gasteiger partial charge is 0.481 e. The molecule has 21 nitrogen and oxygen atoms in total. The van der Waals surface area contributed by atoms with E-state index in [1.807, 2.05) is 0 Å². The Kier molecular flexibility index (Phi) is 20.8. The normalized spacial score (nSPS) is 17.0. The zero-order valence-electron chi connectivity index (χ0n) is 27.8. The summed E-state index contributed by atoms with van der Waals surface area (Å²) in [6, 6.07) is -3.94. The van der Waals surface area contributed by atoms with Gasteiger partial charge in [0.25, 0.3) is 0 Å². The van der Waals surface area contributed by atoms with Gasteiger partial charge in [-0.05, 0) is 32.2 Å². The van der Waals surface area contributed by atoms with Crippen molar-refractivity contribution in [3.8, 4) is 0 Å². The minimum atomic E-state index is -1.52. The molecule has 0 saturated carbocycles. The Morgan fingerprint density at radius 3 is 1.24 bits per heavy atom. The summed E-state index contributed by atoms with van der Waals surface area (Å²) in [5, 5.41) is 62.5. The zero-order valence-corrected chi connectivity index (χ0v) is 27.8. The van der Waals surface area contributed by atoms with Crippen LogP contribution in [0.25, 0.3) is 0 Å². The van der Waals surface area contributed by atoms with Crippen LogP contribution in [0.1, 0.15) is 32.1 Å². The standard InChI is InChI=1S/C29H49N7O14/c37-20(15-30-6-2-1-3-21(27(46)47)31-29(50)32-22(28(48)49)4-5-23(38)39)16-33-7-9-34(17-24(40)41)11-13-36(19-26(44)45)14-12-35(10-8-33)18-25(42)43/h21-22,30H,1-19H2,(H,38,39)(H,40,41)(H,42,43)(H,44,45)(H,46,47)(H,48,49)(H2,31,32,50)/t21-,22-/m0/s1. The minimum absolute atomic E-state index is 0.00717. The van der Waals surface area contributed by atoms with Crippen molar-refractivity contribution in [1.82, 2.24) is 35.6 Å². The molecule has 2 atom stereocenters. The van der Waals surface area contributed by atoms with Gasteiger partial charge in [0.05, 0.1) is 32.7 Å². The number of aliphatic carboxylic acids is 6. The van der Waals surface area contributed by atoms with Crippen molar-refractivity contribution in [3.05, 3.63) is 0 Å². The van der Waals surface area contributed by atoms with E-state index in [-0.39, 0.29) is 90.6 Å². The number of rotatable bonds is 22.